The fourth-order valence-corrected chi connectivity index (χ4v) is 1.12. The van der Waals surface area contributed by atoms with E-state index in [1.165, 1.54) is 0 Å². The van der Waals surface area contributed by atoms with Crippen LogP contribution in [0.1, 0.15) is 0 Å². The van der Waals surface area contributed by atoms with Gasteiger partial charge in [-0.25, -0.2) is 4.79 Å². The summed E-state index contributed by atoms with van der Waals surface area (Å²) in [6.45, 7) is 0. The molecule has 4 heteroatoms. The van der Waals surface area contributed by atoms with Crippen LogP contribution in [0.15, 0.2) is 36.7 Å². The first-order valence-electron chi connectivity index (χ1n) is 2.99. The molecule has 1 aromatic heterocycles. The van der Waals surface area contributed by atoms with Crippen LogP contribution in [0.4, 0.5) is 0 Å². The van der Waals surface area contributed by atoms with Crippen LogP contribution in [-0.4, -0.2) is 0 Å². The molecular formula is C7H4O3S. The Kier molecular flexibility index (Phi) is 1.29. The molecule has 2 rings (SSSR count). The fraction of sp³-hybridized carbons (Fsp3) is 0. The fourth-order valence-electron chi connectivity index (χ4n) is 0.881. The second kappa shape index (κ2) is 2.17. The summed E-state index contributed by atoms with van der Waals surface area (Å²) in [5.41, 5.74) is 0.836. The Balaban J connectivity index is 3.01. The third kappa shape index (κ3) is 0.952. The summed E-state index contributed by atoms with van der Waals surface area (Å²) in [7, 11) is 0. The standard InChI is InChI=1S/C7H4O3S/c8-7-9-4-2-1-3-5(11)6(4)10-7/h1-3,11H. The largest absolute Gasteiger partial charge is 0.519 e. The van der Waals surface area contributed by atoms with Crippen LogP contribution in [0.25, 0.3) is 11.2 Å². The molecule has 0 aliphatic carbocycles. The lowest BCUT2D eigenvalue weighted by Crippen LogP contribution is -1.84. The van der Waals surface area contributed by atoms with Crippen molar-refractivity contribution in [1.82, 2.24) is 0 Å². The minimum absolute atomic E-state index is 0.404. The van der Waals surface area contributed by atoms with Crippen LogP contribution in [0.3, 0.4) is 0 Å². The molecule has 0 radical (unpaired) electrons. The topological polar surface area (TPSA) is 43.4 Å². The third-order valence-electron chi connectivity index (χ3n) is 1.34. The van der Waals surface area contributed by atoms with E-state index in [-0.39, 0.29) is 0 Å². The lowest BCUT2D eigenvalue weighted by atomic mass is 10.3. The maximum absolute atomic E-state index is 10.6. The van der Waals surface area contributed by atoms with E-state index in [1.54, 1.807) is 18.2 Å². The SMILES string of the molecule is O=c1oc2cccc(S)c2o1. The summed E-state index contributed by atoms with van der Waals surface area (Å²) >= 11 is 4.07. The van der Waals surface area contributed by atoms with E-state index >= 15 is 0 Å². The molecule has 0 aliphatic rings. The van der Waals surface area contributed by atoms with Gasteiger partial charge in [-0.3, -0.25) is 0 Å². The Hall–Kier alpha value is -1.16. The van der Waals surface area contributed by atoms with Crippen molar-refractivity contribution in [2.45, 2.75) is 4.90 Å². The van der Waals surface area contributed by atoms with Gasteiger partial charge in [-0.2, -0.15) is 0 Å². The summed E-state index contributed by atoms with van der Waals surface area (Å²) in [5, 5.41) is 0. The van der Waals surface area contributed by atoms with E-state index in [0.717, 1.165) is 0 Å². The molecule has 0 amide bonds. The molecule has 0 unspecified atom stereocenters. The summed E-state index contributed by atoms with van der Waals surface area (Å²) in [6, 6.07) is 5.12. The van der Waals surface area contributed by atoms with E-state index in [0.29, 0.717) is 16.1 Å². The first-order valence-corrected chi connectivity index (χ1v) is 3.44. The molecule has 0 spiro atoms. The van der Waals surface area contributed by atoms with Crippen LogP contribution in [0.5, 0.6) is 0 Å². The molecule has 0 aliphatic heterocycles. The number of thiol groups is 1. The minimum Gasteiger partial charge on any atom is -0.391 e. The third-order valence-corrected chi connectivity index (χ3v) is 1.69. The van der Waals surface area contributed by atoms with Crippen molar-refractivity contribution in [2.75, 3.05) is 0 Å². The highest BCUT2D eigenvalue weighted by molar-refractivity contribution is 7.80. The smallest absolute Gasteiger partial charge is 0.391 e. The predicted molar refractivity (Wildman–Crippen MR) is 42.0 cm³/mol. The minimum atomic E-state index is -0.693. The quantitative estimate of drug-likeness (QED) is 0.608. The van der Waals surface area contributed by atoms with E-state index < -0.39 is 5.82 Å². The van der Waals surface area contributed by atoms with Crippen molar-refractivity contribution in [3.63, 3.8) is 0 Å². The van der Waals surface area contributed by atoms with Gasteiger partial charge in [0.05, 0.1) is 4.90 Å². The number of benzene rings is 1. The highest BCUT2D eigenvalue weighted by Gasteiger charge is 2.04. The molecule has 0 saturated carbocycles. The first kappa shape index (κ1) is 6.54. The number of rotatable bonds is 0. The molecule has 0 fully saturated rings. The zero-order valence-corrected chi connectivity index (χ0v) is 6.30. The summed E-state index contributed by atoms with van der Waals surface area (Å²) in [6.07, 6.45) is 0. The highest BCUT2D eigenvalue weighted by Crippen LogP contribution is 2.19. The van der Waals surface area contributed by atoms with Gasteiger partial charge in [0, 0.05) is 0 Å². The average Bonchev–Trinajstić information content (AvgIpc) is 2.31. The molecule has 56 valence electrons. The predicted octanol–water partition coefficient (Wildman–Crippen LogP) is 1.67. The molecular weight excluding hydrogens is 164 g/mol. The second-order valence-corrected chi connectivity index (χ2v) is 2.54. The number of hydrogen-bond donors (Lipinski definition) is 1. The maximum Gasteiger partial charge on any atom is 0.519 e. The molecule has 3 nitrogen and oxygen atoms in total. The van der Waals surface area contributed by atoms with Crippen LogP contribution in [-0.2, 0) is 0 Å². The average molecular weight is 168 g/mol. The van der Waals surface area contributed by atoms with Crippen molar-refractivity contribution in [1.29, 1.82) is 0 Å². The summed E-state index contributed by atoms with van der Waals surface area (Å²) < 4.78 is 9.38. The lowest BCUT2D eigenvalue weighted by Gasteiger charge is -1.86. The Morgan fingerprint density at radius 1 is 1.27 bits per heavy atom. The monoisotopic (exact) mass is 168 g/mol. The van der Waals surface area contributed by atoms with Gasteiger partial charge in [-0.15, -0.1) is 12.6 Å². The van der Waals surface area contributed by atoms with Gasteiger partial charge >= 0.3 is 5.82 Å². The Morgan fingerprint density at radius 2 is 2.09 bits per heavy atom. The Labute approximate surface area is 67.0 Å². The molecule has 1 heterocycles. The van der Waals surface area contributed by atoms with Crippen molar-refractivity contribution < 1.29 is 8.83 Å². The molecule has 0 saturated heterocycles. The molecule has 0 N–H and O–H groups in total. The van der Waals surface area contributed by atoms with Crippen LogP contribution in [0, 0.1) is 0 Å². The molecule has 2 aromatic rings. The number of hydrogen-bond acceptors (Lipinski definition) is 4. The van der Waals surface area contributed by atoms with Crippen molar-refractivity contribution in [3.05, 3.63) is 28.8 Å². The summed E-state index contributed by atoms with van der Waals surface area (Å²) in [4.78, 5) is 11.2. The van der Waals surface area contributed by atoms with Crippen LogP contribution >= 0.6 is 12.6 Å². The van der Waals surface area contributed by atoms with Crippen molar-refractivity contribution in [3.8, 4) is 0 Å². The summed E-state index contributed by atoms with van der Waals surface area (Å²) in [5.74, 6) is -0.693. The van der Waals surface area contributed by atoms with Crippen LogP contribution < -0.4 is 5.82 Å². The molecule has 11 heavy (non-hydrogen) atoms. The molecule has 1 aromatic carbocycles. The van der Waals surface area contributed by atoms with E-state index in [1.807, 2.05) is 0 Å². The van der Waals surface area contributed by atoms with Gasteiger partial charge < -0.3 is 8.83 Å². The normalized spacial score (nSPS) is 10.6. The molecule has 0 atom stereocenters. The number of fused-ring (bicyclic) bond motifs is 1. The lowest BCUT2D eigenvalue weighted by molar-refractivity contribution is 0.408. The number of para-hydroxylation sites is 1. The van der Waals surface area contributed by atoms with Crippen LogP contribution in [0.2, 0.25) is 0 Å². The van der Waals surface area contributed by atoms with Gasteiger partial charge in [0.2, 0.25) is 0 Å². The van der Waals surface area contributed by atoms with E-state index in [4.69, 9.17) is 4.42 Å². The van der Waals surface area contributed by atoms with Gasteiger partial charge in [0.25, 0.3) is 0 Å². The van der Waals surface area contributed by atoms with Gasteiger partial charge in [-0.1, -0.05) is 6.07 Å². The van der Waals surface area contributed by atoms with Crippen molar-refractivity contribution >= 4 is 23.8 Å². The zero-order chi connectivity index (χ0) is 7.84. The first-order chi connectivity index (χ1) is 5.27. The second-order valence-electron chi connectivity index (χ2n) is 2.06. The molecule has 0 bridgehead atoms. The maximum atomic E-state index is 10.6. The van der Waals surface area contributed by atoms with Gasteiger partial charge in [-0.05, 0) is 12.1 Å². The highest BCUT2D eigenvalue weighted by atomic mass is 32.1. The Bertz CT molecular complexity index is 440. The van der Waals surface area contributed by atoms with E-state index in [2.05, 4.69) is 17.0 Å². The van der Waals surface area contributed by atoms with Gasteiger partial charge in [0.15, 0.2) is 11.2 Å². The van der Waals surface area contributed by atoms with Gasteiger partial charge in [0.1, 0.15) is 0 Å². The zero-order valence-electron chi connectivity index (χ0n) is 5.40. The van der Waals surface area contributed by atoms with E-state index in [9.17, 15) is 4.79 Å². The van der Waals surface area contributed by atoms with Crippen molar-refractivity contribution in [2.24, 2.45) is 0 Å². The Morgan fingerprint density at radius 3 is 2.82 bits per heavy atom.